The second-order valence-corrected chi connectivity index (χ2v) is 5.53. The molecule has 0 aliphatic heterocycles. The van der Waals surface area contributed by atoms with Crippen LogP contribution < -0.4 is 0 Å². The number of unbranched alkanes of at least 4 members (excludes halogenated alkanes) is 13. The van der Waals surface area contributed by atoms with Gasteiger partial charge in [0, 0.05) is 0 Å². The van der Waals surface area contributed by atoms with Crippen molar-refractivity contribution in [3.63, 3.8) is 0 Å². The van der Waals surface area contributed by atoms with Crippen LogP contribution in [0.5, 0.6) is 0 Å². The standard InChI is InChI=1S/C16H34.CH2O3/c1-3-5-7-9-11-13-15-16-14-12-10-8-6-4-2;2-1(3)4/h3-16H2,1-2H3;(H2,2,3,4). The Morgan fingerprint density at radius 2 is 0.700 bits per heavy atom. The van der Waals surface area contributed by atoms with Gasteiger partial charge in [-0.3, -0.25) is 0 Å². The van der Waals surface area contributed by atoms with Gasteiger partial charge < -0.3 is 10.2 Å². The van der Waals surface area contributed by atoms with Crippen LogP contribution in [-0.4, -0.2) is 16.4 Å². The van der Waals surface area contributed by atoms with E-state index >= 15 is 0 Å². The van der Waals surface area contributed by atoms with Crippen molar-refractivity contribution < 1.29 is 15.0 Å². The molecule has 20 heavy (non-hydrogen) atoms. The van der Waals surface area contributed by atoms with Crippen molar-refractivity contribution in [3.8, 4) is 0 Å². The van der Waals surface area contributed by atoms with Crippen LogP contribution in [0.2, 0.25) is 0 Å². The maximum Gasteiger partial charge on any atom is 0.503 e. The molecule has 3 heteroatoms. The lowest BCUT2D eigenvalue weighted by Gasteiger charge is -2.02. The lowest BCUT2D eigenvalue weighted by atomic mass is 10.0. The van der Waals surface area contributed by atoms with E-state index in [9.17, 15) is 0 Å². The fourth-order valence-electron chi connectivity index (χ4n) is 2.27. The zero-order valence-electron chi connectivity index (χ0n) is 13.7. The van der Waals surface area contributed by atoms with E-state index in [1.165, 1.54) is 89.9 Å². The quantitative estimate of drug-likeness (QED) is 0.370. The summed E-state index contributed by atoms with van der Waals surface area (Å²) in [6, 6.07) is 0. The summed E-state index contributed by atoms with van der Waals surface area (Å²) in [5, 5.41) is 13.9. The molecule has 0 unspecified atom stereocenters. The summed E-state index contributed by atoms with van der Waals surface area (Å²) in [4.78, 5) is 8.56. The van der Waals surface area contributed by atoms with Crippen LogP contribution in [0.4, 0.5) is 4.79 Å². The molecule has 0 heterocycles. The summed E-state index contributed by atoms with van der Waals surface area (Å²) in [5.74, 6) is 0. The number of carboxylic acid groups (broad SMARTS) is 2. The van der Waals surface area contributed by atoms with Gasteiger partial charge in [-0.25, -0.2) is 4.79 Å². The molecule has 0 amide bonds. The molecule has 0 bridgehead atoms. The van der Waals surface area contributed by atoms with Gasteiger partial charge in [-0.15, -0.1) is 0 Å². The number of hydrogen-bond donors (Lipinski definition) is 2. The molecule has 0 spiro atoms. The minimum absolute atomic E-state index is 1.37. The third-order valence-electron chi connectivity index (χ3n) is 3.46. The minimum atomic E-state index is -1.83. The molecule has 0 aromatic heterocycles. The third kappa shape index (κ3) is 30.4. The molecule has 0 radical (unpaired) electrons. The van der Waals surface area contributed by atoms with Crippen LogP contribution in [0.3, 0.4) is 0 Å². The van der Waals surface area contributed by atoms with Crippen LogP contribution >= 0.6 is 0 Å². The first-order valence-corrected chi connectivity index (χ1v) is 8.57. The molecule has 2 N–H and O–H groups in total. The van der Waals surface area contributed by atoms with Crippen LogP contribution in [0, 0.1) is 0 Å². The molecule has 122 valence electrons. The SMILES string of the molecule is CCCCCCCCCCCCCCCC.O=C(O)O. The Bertz CT molecular complexity index is 163. The monoisotopic (exact) mass is 288 g/mol. The van der Waals surface area contributed by atoms with E-state index in [0.717, 1.165) is 0 Å². The molecule has 0 rings (SSSR count). The van der Waals surface area contributed by atoms with Gasteiger partial charge in [0.2, 0.25) is 0 Å². The Labute approximate surface area is 125 Å². The molecule has 0 saturated heterocycles. The van der Waals surface area contributed by atoms with Gasteiger partial charge in [0.15, 0.2) is 0 Å². The second kappa shape index (κ2) is 20.6. The summed E-state index contributed by atoms with van der Waals surface area (Å²) in [6.07, 6.45) is 18.6. The molecule has 0 aromatic carbocycles. The molecule has 3 nitrogen and oxygen atoms in total. The summed E-state index contributed by atoms with van der Waals surface area (Å²) < 4.78 is 0. The van der Waals surface area contributed by atoms with Crippen molar-refractivity contribution >= 4 is 6.16 Å². The van der Waals surface area contributed by atoms with Crippen LogP contribution in [0.25, 0.3) is 0 Å². The van der Waals surface area contributed by atoms with E-state index in [2.05, 4.69) is 13.8 Å². The average molecular weight is 288 g/mol. The summed E-state index contributed by atoms with van der Waals surface area (Å²) >= 11 is 0. The summed E-state index contributed by atoms with van der Waals surface area (Å²) in [5.41, 5.74) is 0. The average Bonchev–Trinajstić information content (AvgIpc) is 2.39. The molecule has 0 saturated carbocycles. The minimum Gasteiger partial charge on any atom is -0.450 e. The first-order chi connectivity index (χ1) is 9.65. The van der Waals surface area contributed by atoms with E-state index in [1.807, 2.05) is 0 Å². The Hall–Kier alpha value is -0.730. The van der Waals surface area contributed by atoms with Gasteiger partial charge in [-0.05, 0) is 0 Å². The van der Waals surface area contributed by atoms with Crippen LogP contribution in [0.1, 0.15) is 104 Å². The van der Waals surface area contributed by atoms with Crippen LogP contribution in [-0.2, 0) is 0 Å². The van der Waals surface area contributed by atoms with Crippen LogP contribution in [0.15, 0.2) is 0 Å². The summed E-state index contributed by atoms with van der Waals surface area (Å²) in [6.45, 7) is 4.58. The normalized spacial score (nSPS) is 9.90. The first-order valence-electron chi connectivity index (χ1n) is 8.57. The van der Waals surface area contributed by atoms with Crippen molar-refractivity contribution in [2.75, 3.05) is 0 Å². The summed E-state index contributed by atoms with van der Waals surface area (Å²) in [7, 11) is 0. The molecule has 0 atom stereocenters. The Kier molecular flexibility index (Phi) is 22.2. The predicted molar refractivity (Wildman–Crippen MR) is 86.6 cm³/mol. The second-order valence-electron chi connectivity index (χ2n) is 5.53. The van der Waals surface area contributed by atoms with Crippen molar-refractivity contribution in [1.82, 2.24) is 0 Å². The van der Waals surface area contributed by atoms with E-state index in [4.69, 9.17) is 15.0 Å². The number of rotatable bonds is 13. The lowest BCUT2D eigenvalue weighted by molar-refractivity contribution is 0.137. The van der Waals surface area contributed by atoms with E-state index in [1.54, 1.807) is 0 Å². The van der Waals surface area contributed by atoms with Crippen molar-refractivity contribution in [2.24, 2.45) is 0 Å². The molecule has 0 aliphatic rings. The van der Waals surface area contributed by atoms with E-state index < -0.39 is 6.16 Å². The third-order valence-corrected chi connectivity index (χ3v) is 3.46. The number of carbonyl (C=O) groups is 1. The Morgan fingerprint density at radius 3 is 0.850 bits per heavy atom. The predicted octanol–water partition coefficient (Wildman–Crippen LogP) is 6.71. The largest absolute Gasteiger partial charge is 0.503 e. The lowest BCUT2D eigenvalue weighted by Crippen LogP contribution is -1.82. The molecule has 0 fully saturated rings. The molecular weight excluding hydrogens is 252 g/mol. The van der Waals surface area contributed by atoms with Gasteiger partial charge in [-0.1, -0.05) is 104 Å². The fraction of sp³-hybridized carbons (Fsp3) is 0.941. The topological polar surface area (TPSA) is 57.5 Å². The van der Waals surface area contributed by atoms with Crippen molar-refractivity contribution in [2.45, 2.75) is 104 Å². The highest BCUT2D eigenvalue weighted by molar-refractivity contribution is 5.53. The molecule has 0 aromatic rings. The number of hydrogen-bond acceptors (Lipinski definition) is 1. The van der Waals surface area contributed by atoms with Gasteiger partial charge in [0.1, 0.15) is 0 Å². The van der Waals surface area contributed by atoms with Gasteiger partial charge in [0.05, 0.1) is 0 Å². The van der Waals surface area contributed by atoms with Gasteiger partial charge >= 0.3 is 6.16 Å². The van der Waals surface area contributed by atoms with E-state index in [0.29, 0.717) is 0 Å². The zero-order chi connectivity index (χ0) is 15.5. The highest BCUT2D eigenvalue weighted by atomic mass is 16.6. The smallest absolute Gasteiger partial charge is 0.450 e. The highest BCUT2D eigenvalue weighted by Gasteiger charge is 1.92. The van der Waals surface area contributed by atoms with Gasteiger partial charge in [-0.2, -0.15) is 0 Å². The fourth-order valence-corrected chi connectivity index (χ4v) is 2.27. The Morgan fingerprint density at radius 1 is 0.550 bits per heavy atom. The maximum atomic E-state index is 8.56. The molecular formula is C17H36O3. The highest BCUT2D eigenvalue weighted by Crippen LogP contribution is 2.12. The maximum absolute atomic E-state index is 8.56. The first kappa shape index (κ1) is 21.6. The zero-order valence-corrected chi connectivity index (χ0v) is 13.7. The Balaban J connectivity index is 0. The van der Waals surface area contributed by atoms with E-state index in [-0.39, 0.29) is 0 Å². The van der Waals surface area contributed by atoms with Crippen molar-refractivity contribution in [1.29, 1.82) is 0 Å². The van der Waals surface area contributed by atoms with Gasteiger partial charge in [0.25, 0.3) is 0 Å². The van der Waals surface area contributed by atoms with Crippen molar-refractivity contribution in [3.05, 3.63) is 0 Å². The molecule has 0 aliphatic carbocycles.